The maximum Gasteiger partial charge on any atom is 0.138 e. The number of rotatable bonds is 4. The molecule has 0 radical (unpaired) electrons. The van der Waals surface area contributed by atoms with Crippen molar-refractivity contribution in [3.8, 4) is 11.5 Å². The van der Waals surface area contributed by atoms with Gasteiger partial charge in [0, 0.05) is 6.42 Å². The van der Waals surface area contributed by atoms with E-state index >= 15 is 0 Å². The van der Waals surface area contributed by atoms with Gasteiger partial charge in [-0.05, 0) is 17.4 Å². The number of unbranched alkanes of at least 4 members (excludes halogenated alkanes) is 2. The van der Waals surface area contributed by atoms with Crippen LogP contribution in [0.1, 0.15) is 53.9 Å². The molecule has 0 bridgehead atoms. The highest BCUT2D eigenvalue weighted by Gasteiger charge is 2.40. The van der Waals surface area contributed by atoms with Gasteiger partial charge in [-0.2, -0.15) is 0 Å². The van der Waals surface area contributed by atoms with Crippen molar-refractivity contribution in [3.05, 3.63) is 0 Å². The standard InChI is InChI=1S/C14H28Si/c1-8-9-10-11-12-15(6,7)14(4,5)13(2)3/h13H,8-10H2,1-7H3. The van der Waals surface area contributed by atoms with Crippen molar-refractivity contribution in [2.75, 3.05) is 0 Å². The van der Waals surface area contributed by atoms with E-state index < -0.39 is 8.07 Å². The van der Waals surface area contributed by atoms with Gasteiger partial charge in [0.2, 0.25) is 0 Å². The predicted molar refractivity (Wildman–Crippen MR) is 73.7 cm³/mol. The van der Waals surface area contributed by atoms with Crippen molar-refractivity contribution in [1.82, 2.24) is 0 Å². The van der Waals surface area contributed by atoms with Crippen LogP contribution in [-0.2, 0) is 0 Å². The van der Waals surface area contributed by atoms with E-state index in [1.807, 2.05) is 0 Å². The van der Waals surface area contributed by atoms with E-state index in [1.165, 1.54) is 12.8 Å². The second kappa shape index (κ2) is 5.75. The minimum atomic E-state index is -1.41. The Hall–Kier alpha value is -0.223. The Labute approximate surface area is 97.9 Å². The van der Waals surface area contributed by atoms with Gasteiger partial charge in [-0.1, -0.05) is 54.1 Å². The van der Waals surface area contributed by atoms with Gasteiger partial charge >= 0.3 is 0 Å². The first-order valence-corrected chi connectivity index (χ1v) is 9.25. The molecule has 88 valence electrons. The third-order valence-electron chi connectivity index (χ3n) is 4.11. The minimum Gasteiger partial charge on any atom is -0.131 e. The van der Waals surface area contributed by atoms with Gasteiger partial charge in [-0.15, -0.1) is 11.5 Å². The predicted octanol–water partition coefficient (Wildman–Crippen LogP) is 4.86. The van der Waals surface area contributed by atoms with Gasteiger partial charge in [0.15, 0.2) is 0 Å². The summed E-state index contributed by atoms with van der Waals surface area (Å²) >= 11 is 0. The van der Waals surface area contributed by atoms with Crippen LogP contribution in [0.5, 0.6) is 0 Å². The lowest BCUT2D eigenvalue weighted by Crippen LogP contribution is -2.41. The lowest BCUT2D eigenvalue weighted by molar-refractivity contribution is 0.462. The molecular formula is C14H28Si. The molecule has 0 aromatic rings. The van der Waals surface area contributed by atoms with Gasteiger partial charge in [0.1, 0.15) is 8.07 Å². The summed E-state index contributed by atoms with van der Waals surface area (Å²) in [6.07, 6.45) is 3.59. The molecule has 0 fully saturated rings. The maximum atomic E-state index is 3.60. The molecule has 0 aliphatic heterocycles. The molecule has 0 aromatic heterocycles. The molecule has 0 atom stereocenters. The average molecular weight is 224 g/mol. The zero-order chi connectivity index (χ0) is 12.1. The molecule has 15 heavy (non-hydrogen) atoms. The van der Waals surface area contributed by atoms with Crippen LogP contribution in [0.2, 0.25) is 18.1 Å². The molecule has 0 aliphatic carbocycles. The summed E-state index contributed by atoms with van der Waals surface area (Å²) in [5, 5.41) is 0.409. The lowest BCUT2D eigenvalue weighted by atomic mass is 9.99. The maximum absolute atomic E-state index is 3.60. The fourth-order valence-corrected chi connectivity index (χ4v) is 3.76. The highest BCUT2D eigenvalue weighted by molar-refractivity contribution is 6.87. The number of hydrogen-bond acceptors (Lipinski definition) is 0. The van der Waals surface area contributed by atoms with E-state index in [9.17, 15) is 0 Å². The van der Waals surface area contributed by atoms with Crippen molar-refractivity contribution in [3.63, 3.8) is 0 Å². The Morgan fingerprint density at radius 2 is 1.73 bits per heavy atom. The molecule has 0 nitrogen and oxygen atoms in total. The van der Waals surface area contributed by atoms with Crippen LogP contribution in [0, 0.1) is 17.4 Å². The molecule has 0 saturated carbocycles. The van der Waals surface area contributed by atoms with Gasteiger partial charge in [0.25, 0.3) is 0 Å². The molecule has 1 heteroatoms. The van der Waals surface area contributed by atoms with Crippen LogP contribution in [0.15, 0.2) is 0 Å². The highest BCUT2D eigenvalue weighted by atomic mass is 28.3. The van der Waals surface area contributed by atoms with Gasteiger partial charge in [-0.25, -0.2) is 0 Å². The molecule has 0 unspecified atom stereocenters. The Balaban J connectivity index is 4.57. The van der Waals surface area contributed by atoms with Crippen molar-refractivity contribution in [2.24, 2.45) is 5.92 Å². The van der Waals surface area contributed by atoms with Crippen molar-refractivity contribution >= 4 is 8.07 Å². The highest BCUT2D eigenvalue weighted by Crippen LogP contribution is 2.43. The smallest absolute Gasteiger partial charge is 0.131 e. The van der Waals surface area contributed by atoms with Gasteiger partial charge in [-0.3, -0.25) is 0 Å². The molecule has 0 rings (SSSR count). The van der Waals surface area contributed by atoms with Crippen molar-refractivity contribution in [1.29, 1.82) is 0 Å². The van der Waals surface area contributed by atoms with E-state index in [-0.39, 0.29) is 0 Å². The van der Waals surface area contributed by atoms with E-state index in [2.05, 4.69) is 59.2 Å². The second-order valence-corrected chi connectivity index (χ2v) is 10.7. The summed E-state index contributed by atoms with van der Waals surface area (Å²) in [6, 6.07) is 0. The normalized spacial score (nSPS) is 12.5. The number of hydrogen-bond donors (Lipinski definition) is 0. The fourth-order valence-electron chi connectivity index (χ4n) is 1.43. The SMILES string of the molecule is CCCCC#C[Si](C)(C)C(C)(C)C(C)C. The van der Waals surface area contributed by atoms with Crippen LogP contribution < -0.4 is 0 Å². The summed E-state index contributed by atoms with van der Waals surface area (Å²) in [5.41, 5.74) is 3.60. The Bertz CT molecular complexity index is 238. The molecule has 0 aromatic carbocycles. The van der Waals surface area contributed by atoms with Crippen LogP contribution >= 0.6 is 0 Å². The summed E-state index contributed by atoms with van der Waals surface area (Å²) in [5.74, 6) is 4.12. The van der Waals surface area contributed by atoms with Crippen molar-refractivity contribution < 1.29 is 0 Å². The minimum absolute atomic E-state index is 0.409. The molecule has 0 heterocycles. The van der Waals surface area contributed by atoms with Crippen molar-refractivity contribution in [2.45, 2.75) is 72.0 Å². The monoisotopic (exact) mass is 224 g/mol. The summed E-state index contributed by atoms with van der Waals surface area (Å²) in [7, 11) is -1.41. The Morgan fingerprint density at radius 1 is 1.20 bits per heavy atom. The second-order valence-electron chi connectivity index (χ2n) is 5.91. The summed E-state index contributed by atoms with van der Waals surface area (Å²) in [4.78, 5) is 0. The Morgan fingerprint density at radius 3 is 2.13 bits per heavy atom. The van der Waals surface area contributed by atoms with Crippen LogP contribution in [0.4, 0.5) is 0 Å². The summed E-state index contributed by atoms with van der Waals surface area (Å²) < 4.78 is 0. The molecule has 0 N–H and O–H groups in total. The van der Waals surface area contributed by atoms with Crippen LogP contribution in [-0.4, -0.2) is 8.07 Å². The first-order valence-electron chi connectivity index (χ1n) is 6.25. The summed E-state index contributed by atoms with van der Waals surface area (Å²) in [6.45, 7) is 16.5. The Kier molecular flexibility index (Phi) is 5.66. The zero-order valence-corrected chi connectivity index (χ0v) is 12.7. The van der Waals surface area contributed by atoms with E-state index in [4.69, 9.17) is 0 Å². The van der Waals surface area contributed by atoms with Gasteiger partial charge in [0.05, 0.1) is 0 Å². The third-order valence-corrected chi connectivity index (χ3v) is 8.71. The fraction of sp³-hybridized carbons (Fsp3) is 0.857. The van der Waals surface area contributed by atoms with Crippen LogP contribution in [0.25, 0.3) is 0 Å². The van der Waals surface area contributed by atoms with E-state index in [0.29, 0.717) is 5.04 Å². The zero-order valence-electron chi connectivity index (χ0n) is 11.7. The molecule has 0 amide bonds. The largest absolute Gasteiger partial charge is 0.138 e. The molecule has 0 aliphatic rings. The van der Waals surface area contributed by atoms with Gasteiger partial charge < -0.3 is 0 Å². The molecular weight excluding hydrogens is 196 g/mol. The third kappa shape index (κ3) is 4.03. The topological polar surface area (TPSA) is 0 Å². The first-order chi connectivity index (χ1) is 6.75. The van der Waals surface area contributed by atoms with Crippen LogP contribution in [0.3, 0.4) is 0 Å². The molecule has 0 spiro atoms. The van der Waals surface area contributed by atoms with E-state index in [1.54, 1.807) is 0 Å². The van der Waals surface area contributed by atoms with E-state index in [0.717, 1.165) is 12.3 Å². The lowest BCUT2D eigenvalue weighted by Gasteiger charge is -2.39. The molecule has 0 saturated heterocycles. The average Bonchev–Trinajstić information content (AvgIpc) is 2.12. The quantitative estimate of drug-likeness (QED) is 0.363. The first kappa shape index (κ1) is 14.8.